The predicted molar refractivity (Wildman–Crippen MR) is 108 cm³/mol. The first-order valence-corrected chi connectivity index (χ1v) is 10.7. The first-order chi connectivity index (χ1) is 13.7. The Labute approximate surface area is 167 Å². The van der Waals surface area contributed by atoms with Gasteiger partial charge in [-0.3, -0.25) is 14.5 Å². The van der Waals surface area contributed by atoms with E-state index in [0.717, 1.165) is 45.6 Å². The zero-order chi connectivity index (χ0) is 19.3. The quantitative estimate of drug-likeness (QED) is 0.757. The van der Waals surface area contributed by atoms with Crippen molar-refractivity contribution in [3.05, 3.63) is 29.8 Å². The van der Waals surface area contributed by atoms with Gasteiger partial charge in [-0.2, -0.15) is 0 Å². The van der Waals surface area contributed by atoms with Crippen molar-refractivity contribution in [3.8, 4) is 0 Å². The standard InChI is InChI=1S/C22H31N3O3/c26-21(14-25-9-2-3-16(13-25)11-17-8-10-28-15-17)23-20-5-1-4-18(12-20)22(27)24-19-6-7-19/h1,4-5,12,16-17,19H,2-3,6-11,13-15H2,(H,23,26)(H,24,27). The SMILES string of the molecule is O=C(CN1CCCC(CC2CCOC2)C1)Nc1cccc(C(=O)NC2CC2)c1. The Hall–Kier alpha value is -1.92. The number of likely N-dealkylation sites (tertiary alicyclic amines) is 1. The molecule has 0 bridgehead atoms. The van der Waals surface area contributed by atoms with Crippen LogP contribution in [0.5, 0.6) is 0 Å². The van der Waals surface area contributed by atoms with Gasteiger partial charge in [0, 0.05) is 37.1 Å². The van der Waals surface area contributed by atoms with Crippen LogP contribution < -0.4 is 10.6 Å². The van der Waals surface area contributed by atoms with E-state index in [2.05, 4.69) is 15.5 Å². The highest BCUT2D eigenvalue weighted by atomic mass is 16.5. The number of piperidine rings is 1. The van der Waals surface area contributed by atoms with E-state index in [1.165, 1.54) is 19.3 Å². The van der Waals surface area contributed by atoms with Gasteiger partial charge in [0.25, 0.3) is 5.91 Å². The summed E-state index contributed by atoms with van der Waals surface area (Å²) < 4.78 is 5.50. The third kappa shape index (κ3) is 5.55. The minimum absolute atomic E-state index is 0.00963. The number of anilines is 1. The fourth-order valence-electron chi connectivity index (χ4n) is 4.37. The van der Waals surface area contributed by atoms with Gasteiger partial charge >= 0.3 is 0 Å². The Bertz CT molecular complexity index is 698. The lowest BCUT2D eigenvalue weighted by atomic mass is 9.88. The Morgan fingerprint density at radius 3 is 2.82 bits per heavy atom. The third-order valence-corrected chi connectivity index (χ3v) is 5.98. The fraction of sp³-hybridized carbons (Fsp3) is 0.636. The van der Waals surface area contributed by atoms with Crippen molar-refractivity contribution in [1.29, 1.82) is 0 Å². The molecule has 1 saturated carbocycles. The Morgan fingerprint density at radius 1 is 1.14 bits per heavy atom. The van der Waals surface area contributed by atoms with E-state index >= 15 is 0 Å². The molecule has 1 aliphatic carbocycles. The molecule has 28 heavy (non-hydrogen) atoms. The number of carbonyl (C=O) groups is 2. The molecule has 2 N–H and O–H groups in total. The fourth-order valence-corrected chi connectivity index (χ4v) is 4.37. The minimum Gasteiger partial charge on any atom is -0.381 e. The first-order valence-electron chi connectivity index (χ1n) is 10.7. The van der Waals surface area contributed by atoms with Crippen molar-refractivity contribution in [1.82, 2.24) is 10.2 Å². The molecule has 2 unspecified atom stereocenters. The molecule has 4 rings (SSSR count). The monoisotopic (exact) mass is 385 g/mol. The van der Waals surface area contributed by atoms with Gasteiger partial charge in [0.2, 0.25) is 5.91 Å². The summed E-state index contributed by atoms with van der Waals surface area (Å²) in [5.41, 5.74) is 1.28. The van der Waals surface area contributed by atoms with Crippen LogP contribution in [0.1, 0.15) is 48.9 Å². The van der Waals surface area contributed by atoms with E-state index in [1.54, 1.807) is 12.1 Å². The van der Waals surface area contributed by atoms with Gasteiger partial charge < -0.3 is 15.4 Å². The van der Waals surface area contributed by atoms with Gasteiger partial charge in [0.15, 0.2) is 0 Å². The number of carbonyl (C=O) groups excluding carboxylic acids is 2. The summed E-state index contributed by atoms with van der Waals surface area (Å²) in [6, 6.07) is 7.53. The summed E-state index contributed by atoms with van der Waals surface area (Å²) in [6.07, 6.45) is 6.94. The zero-order valence-corrected chi connectivity index (χ0v) is 16.5. The van der Waals surface area contributed by atoms with Gasteiger partial charge in [-0.1, -0.05) is 6.07 Å². The van der Waals surface area contributed by atoms with Crippen molar-refractivity contribution in [2.24, 2.45) is 11.8 Å². The molecule has 6 heteroatoms. The van der Waals surface area contributed by atoms with Gasteiger partial charge in [-0.05, 0) is 75.1 Å². The molecule has 0 aromatic heterocycles. The maximum absolute atomic E-state index is 12.5. The number of ether oxygens (including phenoxy) is 1. The number of benzene rings is 1. The molecule has 2 amide bonds. The lowest BCUT2D eigenvalue weighted by Gasteiger charge is -2.33. The molecule has 6 nitrogen and oxygen atoms in total. The van der Waals surface area contributed by atoms with Crippen LogP contribution in [-0.2, 0) is 9.53 Å². The lowest BCUT2D eigenvalue weighted by Crippen LogP contribution is -2.41. The summed E-state index contributed by atoms with van der Waals surface area (Å²) in [5, 5.41) is 5.94. The van der Waals surface area contributed by atoms with E-state index in [1.807, 2.05) is 12.1 Å². The molecule has 0 radical (unpaired) electrons. The maximum atomic E-state index is 12.5. The summed E-state index contributed by atoms with van der Waals surface area (Å²) in [4.78, 5) is 27.0. The maximum Gasteiger partial charge on any atom is 0.251 e. The number of hydrogen-bond acceptors (Lipinski definition) is 4. The van der Waals surface area contributed by atoms with Crippen LogP contribution in [-0.4, -0.2) is 55.6 Å². The van der Waals surface area contributed by atoms with E-state index < -0.39 is 0 Å². The normalized spacial score (nSPS) is 25.4. The van der Waals surface area contributed by atoms with Crippen molar-refractivity contribution in [2.75, 3.05) is 38.2 Å². The Morgan fingerprint density at radius 2 is 2.04 bits per heavy atom. The van der Waals surface area contributed by atoms with Crippen LogP contribution in [0.2, 0.25) is 0 Å². The molecule has 2 aliphatic heterocycles. The summed E-state index contributed by atoms with van der Waals surface area (Å²) in [6.45, 7) is 4.20. The molecule has 3 fully saturated rings. The Balaban J connectivity index is 1.26. The molecular weight excluding hydrogens is 354 g/mol. The molecule has 3 aliphatic rings. The molecule has 2 saturated heterocycles. The second-order valence-electron chi connectivity index (χ2n) is 8.59. The number of hydrogen-bond donors (Lipinski definition) is 2. The van der Waals surface area contributed by atoms with Crippen LogP contribution in [0.15, 0.2) is 24.3 Å². The smallest absolute Gasteiger partial charge is 0.251 e. The lowest BCUT2D eigenvalue weighted by molar-refractivity contribution is -0.117. The minimum atomic E-state index is -0.0617. The highest BCUT2D eigenvalue weighted by Crippen LogP contribution is 2.27. The number of amides is 2. The van der Waals surface area contributed by atoms with Crippen molar-refractivity contribution < 1.29 is 14.3 Å². The van der Waals surface area contributed by atoms with Crippen LogP contribution in [0.3, 0.4) is 0 Å². The second-order valence-corrected chi connectivity index (χ2v) is 8.59. The second kappa shape index (κ2) is 9.05. The summed E-state index contributed by atoms with van der Waals surface area (Å²) in [5.74, 6) is 1.30. The van der Waals surface area contributed by atoms with E-state index in [4.69, 9.17) is 4.74 Å². The van der Waals surface area contributed by atoms with Gasteiger partial charge in [0.1, 0.15) is 0 Å². The average Bonchev–Trinajstić information content (AvgIpc) is 3.34. The largest absolute Gasteiger partial charge is 0.381 e. The molecule has 1 aromatic rings. The molecular formula is C22H31N3O3. The average molecular weight is 386 g/mol. The number of nitrogens with one attached hydrogen (secondary N) is 2. The first kappa shape index (κ1) is 19.4. The van der Waals surface area contributed by atoms with Crippen molar-refractivity contribution in [2.45, 2.75) is 44.6 Å². The predicted octanol–water partition coefficient (Wildman–Crippen LogP) is 2.66. The summed E-state index contributed by atoms with van der Waals surface area (Å²) >= 11 is 0. The third-order valence-electron chi connectivity index (χ3n) is 5.98. The van der Waals surface area contributed by atoms with Crippen LogP contribution in [0, 0.1) is 11.8 Å². The topological polar surface area (TPSA) is 70.7 Å². The number of nitrogens with zero attached hydrogens (tertiary/aromatic N) is 1. The van der Waals surface area contributed by atoms with Crippen LogP contribution in [0.25, 0.3) is 0 Å². The van der Waals surface area contributed by atoms with E-state index in [9.17, 15) is 9.59 Å². The molecule has 152 valence electrons. The number of rotatable bonds is 7. The summed E-state index contributed by atoms with van der Waals surface area (Å²) in [7, 11) is 0. The van der Waals surface area contributed by atoms with E-state index in [0.29, 0.717) is 35.7 Å². The molecule has 0 spiro atoms. The van der Waals surface area contributed by atoms with Crippen LogP contribution >= 0.6 is 0 Å². The molecule has 2 atom stereocenters. The van der Waals surface area contributed by atoms with Crippen molar-refractivity contribution >= 4 is 17.5 Å². The van der Waals surface area contributed by atoms with Gasteiger partial charge in [0.05, 0.1) is 6.54 Å². The van der Waals surface area contributed by atoms with Crippen LogP contribution in [0.4, 0.5) is 5.69 Å². The molecule has 2 heterocycles. The Kier molecular flexibility index (Phi) is 6.27. The van der Waals surface area contributed by atoms with E-state index in [-0.39, 0.29) is 11.8 Å². The molecule has 1 aromatic carbocycles. The highest BCUT2D eigenvalue weighted by Gasteiger charge is 2.26. The van der Waals surface area contributed by atoms with Crippen molar-refractivity contribution in [3.63, 3.8) is 0 Å². The highest BCUT2D eigenvalue weighted by molar-refractivity contribution is 5.97. The van der Waals surface area contributed by atoms with Gasteiger partial charge in [-0.25, -0.2) is 0 Å². The zero-order valence-electron chi connectivity index (χ0n) is 16.5. The van der Waals surface area contributed by atoms with Gasteiger partial charge in [-0.15, -0.1) is 0 Å².